The monoisotopic (exact) mass is 274 g/mol. The number of likely N-dealkylation sites (tertiary alicyclic amines) is 1. The first-order valence-corrected chi connectivity index (χ1v) is 7.11. The molecule has 1 aliphatic rings. The summed E-state index contributed by atoms with van der Waals surface area (Å²) < 4.78 is 18.4. The number of ether oxygens (including phenoxy) is 1. The minimum atomic E-state index is -0.485. The number of carbonyl (C=O) groups excluding carboxylic acids is 1. The molecule has 1 aliphatic heterocycles. The van der Waals surface area contributed by atoms with Gasteiger partial charge in [0.25, 0.3) is 0 Å². The van der Waals surface area contributed by atoms with Crippen molar-refractivity contribution in [2.45, 2.75) is 45.6 Å². The summed E-state index contributed by atoms with van der Waals surface area (Å²) >= 11 is 0. The average Bonchev–Trinajstić information content (AvgIpc) is 2.34. The number of alkyl halides is 1. The molecule has 4 nitrogen and oxygen atoms in total. The number of amides is 1. The average molecular weight is 274 g/mol. The van der Waals surface area contributed by atoms with Crippen molar-refractivity contribution >= 4 is 6.09 Å². The van der Waals surface area contributed by atoms with Gasteiger partial charge in [-0.3, -0.25) is 4.39 Å². The lowest BCUT2D eigenvalue weighted by atomic mass is 9.84. The van der Waals surface area contributed by atoms with Gasteiger partial charge in [0.05, 0.1) is 6.67 Å². The lowest BCUT2D eigenvalue weighted by Gasteiger charge is -2.36. The van der Waals surface area contributed by atoms with Gasteiger partial charge in [0, 0.05) is 13.1 Å². The lowest BCUT2D eigenvalue weighted by molar-refractivity contribution is 0.0116. The summed E-state index contributed by atoms with van der Waals surface area (Å²) in [5.74, 6) is 0.171. The van der Waals surface area contributed by atoms with Crippen molar-refractivity contribution in [3.8, 4) is 0 Å². The van der Waals surface area contributed by atoms with Crippen molar-refractivity contribution in [1.82, 2.24) is 4.90 Å². The Balaban J connectivity index is 2.56. The van der Waals surface area contributed by atoms with Gasteiger partial charge < -0.3 is 15.4 Å². The Morgan fingerprint density at radius 3 is 2.74 bits per heavy atom. The highest BCUT2D eigenvalue weighted by atomic mass is 19.1. The molecular weight excluding hydrogens is 247 g/mol. The van der Waals surface area contributed by atoms with Gasteiger partial charge in [-0.25, -0.2) is 4.79 Å². The van der Waals surface area contributed by atoms with Crippen LogP contribution in [0.25, 0.3) is 0 Å². The van der Waals surface area contributed by atoms with Crippen LogP contribution >= 0.6 is 0 Å². The van der Waals surface area contributed by atoms with Gasteiger partial charge in [-0.1, -0.05) is 0 Å². The molecule has 0 bridgehead atoms. The fourth-order valence-electron chi connectivity index (χ4n) is 2.54. The Bertz CT molecular complexity index is 292. The molecule has 2 N–H and O–H groups in total. The second-order valence-corrected chi connectivity index (χ2v) is 6.32. The molecule has 2 unspecified atom stereocenters. The molecular formula is C14H27FN2O2. The Hall–Kier alpha value is -0.840. The number of nitrogens with zero attached hydrogens (tertiary/aromatic N) is 1. The van der Waals surface area contributed by atoms with E-state index in [4.69, 9.17) is 10.5 Å². The summed E-state index contributed by atoms with van der Waals surface area (Å²) in [6, 6.07) is 0. The zero-order chi connectivity index (χ0) is 14.5. The van der Waals surface area contributed by atoms with E-state index in [1.165, 1.54) is 0 Å². The van der Waals surface area contributed by atoms with Crippen LogP contribution in [0.3, 0.4) is 0 Å². The molecule has 0 aliphatic carbocycles. The summed E-state index contributed by atoms with van der Waals surface area (Å²) in [4.78, 5) is 13.7. The van der Waals surface area contributed by atoms with Gasteiger partial charge in [0.1, 0.15) is 5.60 Å². The van der Waals surface area contributed by atoms with Crippen LogP contribution < -0.4 is 5.73 Å². The molecule has 112 valence electrons. The normalized spacial score (nSPS) is 22.2. The van der Waals surface area contributed by atoms with E-state index in [2.05, 4.69) is 0 Å². The molecule has 1 saturated heterocycles. The molecule has 0 aromatic heterocycles. The molecule has 1 heterocycles. The third kappa shape index (κ3) is 5.35. The SMILES string of the molecule is CC(C)(C)OC(=O)N1CCCC(C(CF)CCN)C1. The van der Waals surface area contributed by atoms with E-state index in [0.717, 1.165) is 12.8 Å². The summed E-state index contributed by atoms with van der Waals surface area (Å²) in [6.45, 7) is 6.99. The summed E-state index contributed by atoms with van der Waals surface area (Å²) in [7, 11) is 0. The van der Waals surface area contributed by atoms with Crippen molar-refractivity contribution in [2.24, 2.45) is 17.6 Å². The Labute approximate surface area is 115 Å². The van der Waals surface area contributed by atoms with Crippen LogP contribution in [0.5, 0.6) is 0 Å². The van der Waals surface area contributed by atoms with Crippen LogP contribution in [0, 0.1) is 11.8 Å². The first-order valence-electron chi connectivity index (χ1n) is 7.11. The van der Waals surface area contributed by atoms with Crippen LogP contribution in [0.15, 0.2) is 0 Å². The minimum absolute atomic E-state index is 0.0322. The smallest absolute Gasteiger partial charge is 0.410 e. The predicted octanol–water partition coefficient (Wildman–Crippen LogP) is 2.57. The van der Waals surface area contributed by atoms with E-state index < -0.39 is 5.60 Å². The highest BCUT2D eigenvalue weighted by Gasteiger charge is 2.31. The maximum absolute atomic E-state index is 13.0. The summed E-state index contributed by atoms with van der Waals surface area (Å²) in [5, 5.41) is 0. The number of hydrogen-bond donors (Lipinski definition) is 1. The zero-order valence-electron chi connectivity index (χ0n) is 12.3. The predicted molar refractivity (Wildman–Crippen MR) is 73.7 cm³/mol. The van der Waals surface area contributed by atoms with Crippen molar-refractivity contribution in [2.75, 3.05) is 26.3 Å². The molecule has 0 radical (unpaired) electrons. The summed E-state index contributed by atoms with van der Waals surface area (Å²) in [5.41, 5.74) is 5.03. The first-order chi connectivity index (χ1) is 8.87. The number of carbonyl (C=O) groups is 1. The van der Waals surface area contributed by atoms with Crippen molar-refractivity contribution in [3.63, 3.8) is 0 Å². The topological polar surface area (TPSA) is 55.6 Å². The van der Waals surface area contributed by atoms with Crippen LogP contribution in [0.4, 0.5) is 9.18 Å². The molecule has 1 fully saturated rings. The van der Waals surface area contributed by atoms with Crippen molar-refractivity contribution in [3.05, 3.63) is 0 Å². The number of piperidine rings is 1. The van der Waals surface area contributed by atoms with Crippen LogP contribution in [-0.2, 0) is 4.74 Å². The fourth-order valence-corrected chi connectivity index (χ4v) is 2.54. The molecule has 0 aromatic rings. The Kier molecular flexibility index (Phi) is 6.04. The van der Waals surface area contributed by atoms with Gasteiger partial charge in [0.15, 0.2) is 0 Å². The largest absolute Gasteiger partial charge is 0.444 e. The van der Waals surface area contributed by atoms with E-state index in [-0.39, 0.29) is 24.6 Å². The molecule has 1 rings (SSSR count). The number of hydrogen-bond acceptors (Lipinski definition) is 3. The van der Waals surface area contributed by atoms with Crippen LogP contribution in [0.2, 0.25) is 0 Å². The first kappa shape index (κ1) is 16.2. The van der Waals surface area contributed by atoms with Gasteiger partial charge in [-0.05, 0) is 58.4 Å². The van der Waals surface area contributed by atoms with E-state index in [0.29, 0.717) is 26.1 Å². The van der Waals surface area contributed by atoms with Gasteiger partial charge in [0.2, 0.25) is 0 Å². The number of halogens is 1. The molecule has 0 saturated carbocycles. The molecule has 1 amide bonds. The third-order valence-corrected chi connectivity index (χ3v) is 3.51. The van der Waals surface area contributed by atoms with Crippen molar-refractivity contribution < 1.29 is 13.9 Å². The molecule has 0 spiro atoms. The molecule has 19 heavy (non-hydrogen) atoms. The summed E-state index contributed by atoms with van der Waals surface area (Å²) in [6.07, 6.45) is 2.27. The number of rotatable bonds is 4. The van der Waals surface area contributed by atoms with E-state index in [1.54, 1.807) is 4.90 Å². The fraction of sp³-hybridized carbons (Fsp3) is 0.929. The van der Waals surface area contributed by atoms with Crippen molar-refractivity contribution in [1.29, 1.82) is 0 Å². The maximum atomic E-state index is 13.0. The highest BCUT2D eigenvalue weighted by Crippen LogP contribution is 2.27. The third-order valence-electron chi connectivity index (χ3n) is 3.51. The van der Waals surface area contributed by atoms with Gasteiger partial charge in [-0.2, -0.15) is 0 Å². The Morgan fingerprint density at radius 2 is 2.21 bits per heavy atom. The Morgan fingerprint density at radius 1 is 1.53 bits per heavy atom. The van der Waals surface area contributed by atoms with Gasteiger partial charge >= 0.3 is 6.09 Å². The maximum Gasteiger partial charge on any atom is 0.410 e. The van der Waals surface area contributed by atoms with E-state index in [1.807, 2.05) is 20.8 Å². The van der Waals surface area contributed by atoms with E-state index >= 15 is 0 Å². The van der Waals surface area contributed by atoms with Gasteiger partial charge in [-0.15, -0.1) is 0 Å². The second kappa shape index (κ2) is 7.08. The number of nitrogens with two attached hydrogens (primary N) is 1. The lowest BCUT2D eigenvalue weighted by Crippen LogP contribution is -2.45. The standard InChI is InChI=1S/C14H27FN2O2/c1-14(2,3)19-13(18)17-8-4-5-12(10-17)11(9-15)6-7-16/h11-12H,4-10,16H2,1-3H3. The van der Waals surface area contributed by atoms with Crippen LogP contribution in [-0.4, -0.2) is 42.9 Å². The highest BCUT2D eigenvalue weighted by molar-refractivity contribution is 5.68. The molecule has 2 atom stereocenters. The zero-order valence-corrected chi connectivity index (χ0v) is 12.3. The van der Waals surface area contributed by atoms with Crippen LogP contribution in [0.1, 0.15) is 40.0 Å². The molecule has 5 heteroatoms. The molecule has 0 aromatic carbocycles. The minimum Gasteiger partial charge on any atom is -0.444 e. The quantitative estimate of drug-likeness (QED) is 0.857. The van der Waals surface area contributed by atoms with E-state index in [9.17, 15) is 9.18 Å². The second-order valence-electron chi connectivity index (χ2n) is 6.32.